The van der Waals surface area contributed by atoms with Gasteiger partial charge in [0.05, 0.1) is 24.5 Å². The van der Waals surface area contributed by atoms with Crippen LogP contribution in [0.5, 0.6) is 0 Å². The number of benzene rings is 1. The van der Waals surface area contributed by atoms with Gasteiger partial charge in [0.2, 0.25) is 5.91 Å². The maximum absolute atomic E-state index is 12.6. The Labute approximate surface area is 123 Å². The summed E-state index contributed by atoms with van der Waals surface area (Å²) in [5.74, 6) is -0.797. The molecule has 1 aliphatic heterocycles. The van der Waals surface area contributed by atoms with Gasteiger partial charge in [-0.2, -0.15) is 0 Å². The minimum Gasteiger partial charge on any atom is -0.468 e. The van der Waals surface area contributed by atoms with Gasteiger partial charge in [-0.25, -0.2) is 0 Å². The predicted octanol–water partition coefficient (Wildman–Crippen LogP) is -0.313. The van der Waals surface area contributed by atoms with Crippen molar-refractivity contribution in [2.75, 3.05) is 30.4 Å². The van der Waals surface area contributed by atoms with Gasteiger partial charge in [-0.1, -0.05) is 12.1 Å². The summed E-state index contributed by atoms with van der Waals surface area (Å²) in [6.45, 7) is 1.68. The SMILES string of the molecule is COC(=O)CN1C(=O)[C@@H](NB(C)O)CNc2ccccc21. The normalized spacial score (nSPS) is 17.6. The molecular weight excluding hydrogens is 273 g/mol. The van der Waals surface area contributed by atoms with Crippen molar-refractivity contribution in [2.24, 2.45) is 0 Å². The molecule has 1 aromatic carbocycles. The van der Waals surface area contributed by atoms with E-state index in [4.69, 9.17) is 0 Å². The highest BCUT2D eigenvalue weighted by molar-refractivity contribution is 6.46. The maximum Gasteiger partial charge on any atom is 0.374 e. The van der Waals surface area contributed by atoms with E-state index in [0.29, 0.717) is 12.2 Å². The zero-order valence-corrected chi connectivity index (χ0v) is 12.0. The topological polar surface area (TPSA) is 90.9 Å². The third-order valence-corrected chi connectivity index (χ3v) is 3.21. The van der Waals surface area contributed by atoms with E-state index in [1.807, 2.05) is 12.1 Å². The van der Waals surface area contributed by atoms with Crippen molar-refractivity contribution in [3.8, 4) is 0 Å². The first-order valence-corrected chi connectivity index (χ1v) is 6.68. The standard InChI is InChI=1S/C13H18BN3O4/c1-14(20)16-10-7-15-9-5-3-4-6-11(9)17(13(10)19)8-12(18)21-2/h3-6,10,15-16,20H,7-8H2,1-2H3/t10-/m0/s1. The van der Waals surface area contributed by atoms with Crippen molar-refractivity contribution in [3.05, 3.63) is 24.3 Å². The Kier molecular flexibility index (Phi) is 4.82. The molecule has 1 atom stereocenters. The van der Waals surface area contributed by atoms with Gasteiger partial charge in [0.1, 0.15) is 6.54 Å². The highest BCUT2D eigenvalue weighted by atomic mass is 16.5. The molecule has 0 saturated carbocycles. The fraction of sp³-hybridized carbons (Fsp3) is 0.385. The second-order valence-electron chi connectivity index (χ2n) is 4.79. The lowest BCUT2D eigenvalue weighted by atomic mass is 9.87. The van der Waals surface area contributed by atoms with Crippen LogP contribution in [0.2, 0.25) is 6.82 Å². The molecule has 7 nitrogen and oxygen atoms in total. The average molecular weight is 291 g/mol. The van der Waals surface area contributed by atoms with Gasteiger partial charge in [0.25, 0.3) is 0 Å². The number of ether oxygens (including phenoxy) is 1. The number of carbonyl (C=O) groups is 2. The molecule has 8 heteroatoms. The molecule has 0 unspecified atom stereocenters. The number of hydrogen-bond acceptors (Lipinski definition) is 6. The summed E-state index contributed by atoms with van der Waals surface area (Å²) in [7, 11) is 0.447. The van der Waals surface area contributed by atoms with Gasteiger partial charge in [0, 0.05) is 6.54 Å². The van der Waals surface area contributed by atoms with E-state index in [1.165, 1.54) is 18.8 Å². The number of fused-ring (bicyclic) bond motifs is 1. The lowest BCUT2D eigenvalue weighted by molar-refractivity contribution is -0.140. The number of hydrogen-bond donors (Lipinski definition) is 3. The lowest BCUT2D eigenvalue weighted by Crippen LogP contribution is -2.53. The lowest BCUT2D eigenvalue weighted by Gasteiger charge is -2.24. The molecule has 2 rings (SSSR count). The van der Waals surface area contributed by atoms with Crippen LogP contribution in [0.1, 0.15) is 0 Å². The number of amides is 1. The molecule has 0 spiro atoms. The Morgan fingerprint density at radius 3 is 2.95 bits per heavy atom. The highest BCUT2D eigenvalue weighted by Crippen LogP contribution is 2.28. The van der Waals surface area contributed by atoms with E-state index < -0.39 is 19.1 Å². The zero-order chi connectivity index (χ0) is 15.4. The predicted molar refractivity (Wildman–Crippen MR) is 80.1 cm³/mol. The van der Waals surface area contributed by atoms with Crippen molar-refractivity contribution in [1.82, 2.24) is 5.23 Å². The van der Waals surface area contributed by atoms with Crippen molar-refractivity contribution in [1.29, 1.82) is 0 Å². The molecule has 21 heavy (non-hydrogen) atoms. The summed E-state index contributed by atoms with van der Waals surface area (Å²) < 4.78 is 4.65. The molecule has 1 aromatic rings. The van der Waals surface area contributed by atoms with E-state index in [1.54, 1.807) is 12.1 Å². The molecule has 0 aliphatic carbocycles. The summed E-state index contributed by atoms with van der Waals surface area (Å²) in [6.07, 6.45) is 0. The molecule has 0 saturated heterocycles. The molecule has 1 heterocycles. The molecule has 0 fully saturated rings. The second kappa shape index (κ2) is 6.60. The number of carbonyl (C=O) groups excluding carboxylic acids is 2. The van der Waals surface area contributed by atoms with Gasteiger partial charge < -0.3 is 20.3 Å². The summed E-state index contributed by atoms with van der Waals surface area (Å²) in [5.41, 5.74) is 1.37. The number of para-hydroxylation sites is 2. The second-order valence-corrected chi connectivity index (χ2v) is 4.79. The Hall–Kier alpha value is -2.06. The summed E-state index contributed by atoms with van der Waals surface area (Å²) in [4.78, 5) is 25.5. The first-order valence-electron chi connectivity index (χ1n) is 6.68. The van der Waals surface area contributed by atoms with E-state index in [9.17, 15) is 14.6 Å². The van der Waals surface area contributed by atoms with Crippen LogP contribution >= 0.6 is 0 Å². The molecule has 0 aromatic heterocycles. The first-order chi connectivity index (χ1) is 10.0. The number of rotatable bonds is 4. The van der Waals surface area contributed by atoms with Crippen molar-refractivity contribution >= 4 is 30.3 Å². The number of esters is 1. The van der Waals surface area contributed by atoms with Gasteiger partial charge in [-0.3, -0.25) is 14.5 Å². The Morgan fingerprint density at radius 1 is 1.57 bits per heavy atom. The monoisotopic (exact) mass is 291 g/mol. The fourth-order valence-electron chi connectivity index (χ4n) is 2.24. The van der Waals surface area contributed by atoms with Gasteiger partial charge in [0.15, 0.2) is 0 Å². The largest absolute Gasteiger partial charge is 0.468 e. The van der Waals surface area contributed by atoms with Gasteiger partial charge >= 0.3 is 13.0 Å². The van der Waals surface area contributed by atoms with Gasteiger partial charge in [-0.15, -0.1) is 0 Å². The quantitative estimate of drug-likeness (QED) is 0.520. The third kappa shape index (κ3) is 3.53. The Morgan fingerprint density at radius 2 is 2.29 bits per heavy atom. The molecule has 112 valence electrons. The van der Waals surface area contributed by atoms with Gasteiger partial charge in [-0.05, 0) is 19.0 Å². The Balaban J connectivity index is 2.33. The number of nitrogens with zero attached hydrogens (tertiary/aromatic N) is 1. The molecule has 3 N–H and O–H groups in total. The van der Waals surface area contributed by atoms with Crippen molar-refractivity contribution < 1.29 is 19.3 Å². The molecule has 0 radical (unpaired) electrons. The van der Waals surface area contributed by atoms with E-state index in [2.05, 4.69) is 15.3 Å². The van der Waals surface area contributed by atoms with Crippen molar-refractivity contribution in [2.45, 2.75) is 12.9 Å². The smallest absolute Gasteiger partial charge is 0.374 e. The highest BCUT2D eigenvalue weighted by Gasteiger charge is 2.32. The van der Waals surface area contributed by atoms with Crippen LogP contribution in [-0.2, 0) is 14.3 Å². The number of nitrogens with one attached hydrogen (secondary N) is 2. The molecule has 1 amide bonds. The van der Waals surface area contributed by atoms with Crippen LogP contribution in [-0.4, -0.2) is 50.2 Å². The number of methoxy groups -OCH3 is 1. The van der Waals surface area contributed by atoms with Crippen LogP contribution in [0.15, 0.2) is 24.3 Å². The average Bonchev–Trinajstić information content (AvgIpc) is 2.59. The zero-order valence-electron chi connectivity index (χ0n) is 12.0. The number of anilines is 2. The maximum atomic E-state index is 12.6. The summed E-state index contributed by atoms with van der Waals surface area (Å²) in [5, 5.41) is 15.4. The molecular formula is C13H18BN3O4. The van der Waals surface area contributed by atoms with Crippen molar-refractivity contribution in [3.63, 3.8) is 0 Å². The van der Waals surface area contributed by atoms with Crippen LogP contribution in [0.4, 0.5) is 11.4 Å². The fourth-order valence-corrected chi connectivity index (χ4v) is 2.24. The molecule has 1 aliphatic rings. The summed E-state index contributed by atoms with van der Waals surface area (Å²) in [6, 6.07) is 6.59. The van der Waals surface area contributed by atoms with Crippen LogP contribution < -0.4 is 15.4 Å². The van der Waals surface area contributed by atoms with E-state index in [-0.39, 0.29) is 12.5 Å². The van der Waals surface area contributed by atoms with E-state index >= 15 is 0 Å². The summed E-state index contributed by atoms with van der Waals surface area (Å²) >= 11 is 0. The van der Waals surface area contributed by atoms with E-state index in [0.717, 1.165) is 5.69 Å². The minimum absolute atomic E-state index is 0.175. The molecule has 0 bridgehead atoms. The van der Waals surface area contributed by atoms with Crippen LogP contribution in [0.25, 0.3) is 0 Å². The minimum atomic E-state index is -0.832. The third-order valence-electron chi connectivity index (χ3n) is 3.21. The first kappa shape index (κ1) is 15.3. The van der Waals surface area contributed by atoms with Crippen LogP contribution in [0.3, 0.4) is 0 Å². The van der Waals surface area contributed by atoms with Crippen LogP contribution in [0, 0.1) is 0 Å². The Bertz CT molecular complexity index is 538.